The van der Waals surface area contributed by atoms with Crippen molar-refractivity contribution < 1.29 is 9.84 Å². The summed E-state index contributed by atoms with van der Waals surface area (Å²) in [6, 6.07) is 15.8. The monoisotopic (exact) mass is 322 g/mol. The van der Waals surface area contributed by atoms with Crippen LogP contribution in [-0.4, -0.2) is 22.0 Å². The van der Waals surface area contributed by atoms with Crippen LogP contribution in [0, 0.1) is 6.92 Å². The number of benzene rings is 2. The van der Waals surface area contributed by atoms with E-state index in [9.17, 15) is 5.11 Å². The predicted molar refractivity (Wildman–Crippen MR) is 95.9 cm³/mol. The maximum Gasteiger partial charge on any atom is 0.165 e. The zero-order valence-corrected chi connectivity index (χ0v) is 14.3. The van der Waals surface area contributed by atoms with Crippen molar-refractivity contribution in [1.29, 1.82) is 0 Å². The Kier molecular flexibility index (Phi) is 4.56. The topological polar surface area (TPSA) is 47.3 Å². The first-order valence-corrected chi connectivity index (χ1v) is 8.16. The highest BCUT2D eigenvalue weighted by molar-refractivity contribution is 5.70. The molecule has 0 atom stereocenters. The minimum atomic E-state index is 0.261. The van der Waals surface area contributed by atoms with Crippen LogP contribution in [0.5, 0.6) is 11.5 Å². The minimum absolute atomic E-state index is 0.261. The molecule has 0 bridgehead atoms. The third-order valence-corrected chi connectivity index (χ3v) is 4.06. The second kappa shape index (κ2) is 6.79. The van der Waals surface area contributed by atoms with Gasteiger partial charge in [0.1, 0.15) is 17.1 Å². The summed E-state index contributed by atoms with van der Waals surface area (Å²) in [5.41, 5.74) is 4.47. The number of aryl methyl sites for hydroxylation is 2. The number of aromatic nitrogens is 2. The summed E-state index contributed by atoms with van der Waals surface area (Å²) >= 11 is 0. The van der Waals surface area contributed by atoms with E-state index >= 15 is 0 Å². The van der Waals surface area contributed by atoms with Gasteiger partial charge in [-0.25, -0.2) is 4.68 Å². The molecule has 3 aromatic rings. The molecule has 1 N–H and O–H groups in total. The highest BCUT2D eigenvalue weighted by Crippen LogP contribution is 2.35. The van der Waals surface area contributed by atoms with Crippen LogP contribution in [0.2, 0.25) is 0 Å². The minimum Gasteiger partial charge on any atom is -0.504 e. The number of nitrogens with zero attached hydrogens (tertiary/aromatic N) is 2. The maximum absolute atomic E-state index is 10.7. The van der Waals surface area contributed by atoms with E-state index in [1.165, 1.54) is 5.56 Å². The Morgan fingerprint density at radius 3 is 2.29 bits per heavy atom. The van der Waals surface area contributed by atoms with E-state index in [2.05, 4.69) is 12.0 Å². The summed E-state index contributed by atoms with van der Waals surface area (Å²) in [7, 11) is 1.64. The van der Waals surface area contributed by atoms with Crippen molar-refractivity contribution in [2.24, 2.45) is 0 Å². The molecule has 0 amide bonds. The summed E-state index contributed by atoms with van der Waals surface area (Å²) in [5, 5.41) is 15.4. The van der Waals surface area contributed by atoms with E-state index in [-0.39, 0.29) is 5.75 Å². The summed E-state index contributed by atoms with van der Waals surface area (Å²) < 4.78 is 7.03. The number of ether oxygens (including phenoxy) is 1. The highest BCUT2D eigenvalue weighted by Gasteiger charge is 2.19. The molecule has 0 fully saturated rings. The summed E-state index contributed by atoms with van der Waals surface area (Å²) in [6.45, 7) is 4.13. The zero-order valence-electron chi connectivity index (χ0n) is 14.3. The summed E-state index contributed by atoms with van der Waals surface area (Å²) in [4.78, 5) is 0. The smallest absolute Gasteiger partial charge is 0.165 e. The van der Waals surface area contributed by atoms with Crippen LogP contribution in [0.1, 0.15) is 24.6 Å². The quantitative estimate of drug-likeness (QED) is 0.751. The third-order valence-electron chi connectivity index (χ3n) is 4.06. The molecule has 0 saturated heterocycles. The Bertz CT molecular complexity index is 818. The van der Waals surface area contributed by atoms with Crippen molar-refractivity contribution >= 4 is 0 Å². The zero-order chi connectivity index (χ0) is 17.1. The van der Waals surface area contributed by atoms with Crippen LogP contribution in [0.4, 0.5) is 0 Å². The Balaban J connectivity index is 2.16. The van der Waals surface area contributed by atoms with E-state index in [1.54, 1.807) is 7.11 Å². The van der Waals surface area contributed by atoms with Gasteiger partial charge in [0.2, 0.25) is 0 Å². The average molecular weight is 322 g/mol. The van der Waals surface area contributed by atoms with Crippen molar-refractivity contribution in [3.05, 3.63) is 59.8 Å². The lowest BCUT2D eigenvalue weighted by Gasteiger charge is -2.09. The Morgan fingerprint density at radius 1 is 1.04 bits per heavy atom. The van der Waals surface area contributed by atoms with E-state index in [0.717, 1.165) is 41.2 Å². The molecule has 4 heteroatoms. The van der Waals surface area contributed by atoms with Crippen LogP contribution in [0.3, 0.4) is 0 Å². The molecule has 4 nitrogen and oxygen atoms in total. The van der Waals surface area contributed by atoms with Gasteiger partial charge in [-0.3, -0.25) is 0 Å². The molecule has 0 aliphatic rings. The van der Waals surface area contributed by atoms with Gasteiger partial charge in [0.25, 0.3) is 0 Å². The SMILES string of the molecule is CCCc1nn(-c2ccc(OC)cc2)c(-c2ccc(C)cc2)c1O. The molecule has 24 heavy (non-hydrogen) atoms. The van der Waals surface area contributed by atoms with E-state index in [1.807, 2.05) is 60.1 Å². The molecule has 0 saturated carbocycles. The van der Waals surface area contributed by atoms with E-state index < -0.39 is 0 Å². The fourth-order valence-corrected chi connectivity index (χ4v) is 2.74. The van der Waals surface area contributed by atoms with Gasteiger partial charge in [0, 0.05) is 5.56 Å². The first kappa shape index (κ1) is 16.1. The molecular weight excluding hydrogens is 300 g/mol. The van der Waals surface area contributed by atoms with Crippen molar-refractivity contribution in [1.82, 2.24) is 9.78 Å². The third kappa shape index (κ3) is 3.00. The van der Waals surface area contributed by atoms with Crippen molar-refractivity contribution in [3.63, 3.8) is 0 Å². The number of hydrogen-bond acceptors (Lipinski definition) is 3. The van der Waals surface area contributed by atoms with Gasteiger partial charge in [-0.2, -0.15) is 5.10 Å². The number of hydrogen-bond donors (Lipinski definition) is 1. The van der Waals surface area contributed by atoms with E-state index in [4.69, 9.17) is 4.74 Å². The molecule has 0 radical (unpaired) electrons. The number of methoxy groups -OCH3 is 1. The van der Waals surface area contributed by atoms with Crippen molar-refractivity contribution in [2.75, 3.05) is 7.11 Å². The van der Waals surface area contributed by atoms with E-state index in [0.29, 0.717) is 0 Å². The normalized spacial score (nSPS) is 10.8. The van der Waals surface area contributed by atoms with Gasteiger partial charge in [0.15, 0.2) is 5.75 Å². The maximum atomic E-state index is 10.7. The average Bonchev–Trinajstić information content (AvgIpc) is 2.93. The Hall–Kier alpha value is -2.75. The Labute approximate surface area is 142 Å². The highest BCUT2D eigenvalue weighted by atomic mass is 16.5. The van der Waals surface area contributed by atoms with Crippen molar-refractivity contribution in [3.8, 4) is 28.4 Å². The van der Waals surface area contributed by atoms with Crippen molar-refractivity contribution in [2.45, 2.75) is 26.7 Å². The molecule has 2 aromatic carbocycles. The number of aromatic hydroxyl groups is 1. The largest absolute Gasteiger partial charge is 0.504 e. The molecule has 0 spiro atoms. The van der Waals surface area contributed by atoms with Gasteiger partial charge in [-0.1, -0.05) is 43.2 Å². The first-order valence-electron chi connectivity index (χ1n) is 8.16. The van der Waals surface area contributed by atoms with Gasteiger partial charge in [0.05, 0.1) is 12.8 Å². The molecule has 1 heterocycles. The second-order valence-electron chi connectivity index (χ2n) is 5.87. The lowest BCUT2D eigenvalue weighted by Crippen LogP contribution is -2.00. The molecule has 1 aromatic heterocycles. The van der Waals surface area contributed by atoms with Crippen LogP contribution in [0.25, 0.3) is 16.9 Å². The predicted octanol–water partition coefficient (Wildman–Crippen LogP) is 4.51. The molecule has 124 valence electrons. The lowest BCUT2D eigenvalue weighted by molar-refractivity contribution is 0.414. The lowest BCUT2D eigenvalue weighted by atomic mass is 10.1. The van der Waals surface area contributed by atoms with Crippen LogP contribution in [0.15, 0.2) is 48.5 Å². The first-order chi connectivity index (χ1) is 11.6. The van der Waals surface area contributed by atoms with Crippen LogP contribution >= 0.6 is 0 Å². The number of rotatable bonds is 5. The summed E-state index contributed by atoms with van der Waals surface area (Å²) in [5.74, 6) is 1.05. The standard InChI is InChI=1S/C20H22N2O2/c1-4-5-18-20(23)19(15-8-6-14(2)7-9-15)22(21-18)16-10-12-17(24-3)13-11-16/h6-13,23H,4-5H2,1-3H3. The molecule has 0 aliphatic carbocycles. The fourth-order valence-electron chi connectivity index (χ4n) is 2.74. The van der Waals surface area contributed by atoms with Gasteiger partial charge < -0.3 is 9.84 Å². The summed E-state index contributed by atoms with van der Waals surface area (Å²) in [6.07, 6.45) is 1.67. The second-order valence-corrected chi connectivity index (χ2v) is 5.87. The fraction of sp³-hybridized carbons (Fsp3) is 0.250. The van der Waals surface area contributed by atoms with Gasteiger partial charge >= 0.3 is 0 Å². The molecule has 0 unspecified atom stereocenters. The molecular formula is C20H22N2O2. The van der Waals surface area contributed by atoms with Gasteiger partial charge in [-0.05, 0) is 37.6 Å². The Morgan fingerprint density at radius 2 is 1.71 bits per heavy atom. The molecule has 3 rings (SSSR count). The van der Waals surface area contributed by atoms with Crippen LogP contribution < -0.4 is 4.74 Å². The molecule has 0 aliphatic heterocycles. The van der Waals surface area contributed by atoms with Crippen LogP contribution in [-0.2, 0) is 6.42 Å². The van der Waals surface area contributed by atoms with Gasteiger partial charge in [-0.15, -0.1) is 0 Å².